The lowest BCUT2D eigenvalue weighted by atomic mass is 9.69. The SMILES string of the molecule is CCSC12CC3c4cccc5c4C(CN5C(=O)c4ccccc4)CC3(O1)N(C)C2=O. The molecule has 1 aliphatic carbocycles. The van der Waals surface area contributed by atoms with Crippen molar-refractivity contribution in [3.05, 3.63) is 65.2 Å². The second-order valence-electron chi connectivity index (χ2n) is 8.72. The van der Waals surface area contributed by atoms with Gasteiger partial charge in [-0.25, -0.2) is 0 Å². The summed E-state index contributed by atoms with van der Waals surface area (Å²) in [5.74, 6) is 1.31. The maximum atomic E-state index is 13.3. The highest BCUT2D eigenvalue weighted by Crippen LogP contribution is 2.66. The van der Waals surface area contributed by atoms with Crippen molar-refractivity contribution in [2.75, 3.05) is 24.2 Å². The van der Waals surface area contributed by atoms with E-state index in [1.54, 1.807) is 11.8 Å². The first-order valence-electron chi connectivity index (χ1n) is 10.6. The lowest BCUT2D eigenvalue weighted by Crippen LogP contribution is -2.54. The first-order valence-corrected chi connectivity index (χ1v) is 11.6. The molecule has 0 saturated carbocycles. The molecule has 1 spiro atoms. The van der Waals surface area contributed by atoms with Crippen molar-refractivity contribution in [2.45, 2.75) is 42.3 Å². The quantitative estimate of drug-likeness (QED) is 0.754. The van der Waals surface area contributed by atoms with E-state index in [4.69, 9.17) is 4.74 Å². The fraction of sp³-hybridized carbons (Fsp3) is 0.417. The van der Waals surface area contributed by atoms with Crippen molar-refractivity contribution < 1.29 is 14.3 Å². The molecule has 4 aliphatic rings. The minimum atomic E-state index is -0.755. The van der Waals surface area contributed by atoms with E-state index in [1.165, 1.54) is 11.1 Å². The summed E-state index contributed by atoms with van der Waals surface area (Å²) in [5, 5.41) is 0. The number of fused-ring (bicyclic) bond motifs is 2. The number of rotatable bonds is 3. The van der Waals surface area contributed by atoms with Crippen LogP contribution in [0.2, 0.25) is 0 Å². The molecule has 2 fully saturated rings. The molecule has 0 N–H and O–H groups in total. The maximum absolute atomic E-state index is 13.3. The Labute approximate surface area is 180 Å². The van der Waals surface area contributed by atoms with Crippen LogP contribution in [-0.2, 0) is 9.53 Å². The zero-order chi connectivity index (χ0) is 20.7. The van der Waals surface area contributed by atoms with Gasteiger partial charge in [-0.15, -0.1) is 11.8 Å². The number of likely N-dealkylation sites (tertiary alicyclic amines) is 1. The molecule has 4 atom stereocenters. The largest absolute Gasteiger partial charge is 0.328 e. The number of hydrogen-bond donors (Lipinski definition) is 0. The van der Waals surface area contributed by atoms with Crippen LogP contribution in [0.15, 0.2) is 48.5 Å². The second kappa shape index (κ2) is 6.11. The van der Waals surface area contributed by atoms with Crippen LogP contribution in [-0.4, -0.2) is 46.7 Å². The maximum Gasteiger partial charge on any atom is 0.267 e. The predicted octanol–water partition coefficient (Wildman–Crippen LogP) is 3.96. The molecule has 6 rings (SSSR count). The summed E-state index contributed by atoms with van der Waals surface area (Å²) in [6.45, 7) is 2.71. The van der Waals surface area contributed by atoms with Gasteiger partial charge in [0.25, 0.3) is 11.8 Å². The third-order valence-electron chi connectivity index (χ3n) is 7.33. The Hall–Kier alpha value is -2.31. The van der Waals surface area contributed by atoms with Gasteiger partial charge in [0.05, 0.1) is 0 Å². The van der Waals surface area contributed by atoms with Gasteiger partial charge in [-0.05, 0) is 35.1 Å². The van der Waals surface area contributed by atoms with Gasteiger partial charge in [0, 0.05) is 49.5 Å². The highest BCUT2D eigenvalue weighted by atomic mass is 32.2. The molecule has 3 aliphatic heterocycles. The summed E-state index contributed by atoms with van der Waals surface area (Å²) >= 11 is 1.62. The van der Waals surface area contributed by atoms with Gasteiger partial charge in [0.2, 0.25) is 0 Å². The Bertz CT molecular complexity index is 1070. The fourth-order valence-corrected chi connectivity index (χ4v) is 7.37. The standard InChI is InChI=1S/C24H24N2O3S/c1-3-30-24-13-18-17-10-7-11-19-20(17)16(12-23(18,29-24)25(2)22(24)28)14-26(19)21(27)15-8-5-4-6-9-15/h4-11,16,18H,3,12-14H2,1-2H3. The summed E-state index contributed by atoms with van der Waals surface area (Å²) < 4.78 is 6.64. The molecule has 4 unspecified atom stereocenters. The van der Waals surface area contributed by atoms with Crippen LogP contribution < -0.4 is 4.90 Å². The summed E-state index contributed by atoms with van der Waals surface area (Å²) in [4.78, 5) is 29.4. The summed E-state index contributed by atoms with van der Waals surface area (Å²) in [5.41, 5.74) is 3.67. The molecule has 2 aromatic rings. The molecule has 3 heterocycles. The van der Waals surface area contributed by atoms with Crippen LogP contribution in [0.4, 0.5) is 5.69 Å². The van der Waals surface area contributed by atoms with E-state index in [1.807, 2.05) is 53.2 Å². The first kappa shape index (κ1) is 18.5. The smallest absolute Gasteiger partial charge is 0.267 e. The number of amides is 2. The lowest BCUT2D eigenvalue weighted by molar-refractivity contribution is -0.136. The molecule has 30 heavy (non-hydrogen) atoms. The molecular formula is C24H24N2O3S. The van der Waals surface area contributed by atoms with Crippen molar-refractivity contribution in [2.24, 2.45) is 0 Å². The number of hydrogen-bond acceptors (Lipinski definition) is 4. The van der Waals surface area contributed by atoms with Crippen molar-refractivity contribution in [1.82, 2.24) is 4.90 Å². The molecule has 2 aromatic carbocycles. The summed E-state index contributed by atoms with van der Waals surface area (Å²) in [6.07, 6.45) is 1.46. The number of piperidine rings is 1. The van der Waals surface area contributed by atoms with E-state index in [2.05, 4.69) is 19.1 Å². The Morgan fingerprint density at radius 2 is 1.97 bits per heavy atom. The zero-order valence-electron chi connectivity index (χ0n) is 17.1. The van der Waals surface area contributed by atoms with Gasteiger partial charge in [-0.3, -0.25) is 9.59 Å². The summed E-state index contributed by atoms with van der Waals surface area (Å²) in [7, 11) is 1.89. The molecular weight excluding hydrogens is 396 g/mol. The van der Waals surface area contributed by atoms with Crippen LogP contribution in [0.25, 0.3) is 0 Å². The Balaban J connectivity index is 1.44. The van der Waals surface area contributed by atoms with Gasteiger partial charge < -0.3 is 14.5 Å². The number of carbonyl (C=O) groups excluding carboxylic acids is 2. The number of ether oxygens (including phenoxy) is 1. The third kappa shape index (κ3) is 2.13. The van der Waals surface area contributed by atoms with E-state index >= 15 is 0 Å². The minimum Gasteiger partial charge on any atom is -0.328 e. The van der Waals surface area contributed by atoms with Crippen molar-refractivity contribution in [3.8, 4) is 0 Å². The first-order chi connectivity index (χ1) is 14.5. The van der Waals surface area contributed by atoms with Crippen LogP contribution in [0.3, 0.4) is 0 Å². The van der Waals surface area contributed by atoms with Crippen LogP contribution in [0.1, 0.15) is 53.1 Å². The molecule has 0 radical (unpaired) electrons. The average Bonchev–Trinajstić information content (AvgIpc) is 3.36. The predicted molar refractivity (Wildman–Crippen MR) is 117 cm³/mol. The number of likely N-dealkylation sites (N-methyl/N-ethyl adjacent to an activating group) is 1. The zero-order valence-corrected chi connectivity index (χ0v) is 17.9. The van der Waals surface area contributed by atoms with Crippen molar-refractivity contribution in [3.63, 3.8) is 0 Å². The van der Waals surface area contributed by atoms with E-state index in [-0.39, 0.29) is 23.7 Å². The minimum absolute atomic E-state index is 0.0358. The Kier molecular flexibility index (Phi) is 3.76. The topological polar surface area (TPSA) is 49.9 Å². The Morgan fingerprint density at radius 3 is 2.73 bits per heavy atom. The lowest BCUT2D eigenvalue weighted by Gasteiger charge is -2.45. The summed E-state index contributed by atoms with van der Waals surface area (Å²) in [6, 6.07) is 15.8. The van der Waals surface area contributed by atoms with Crippen LogP contribution in [0.5, 0.6) is 0 Å². The van der Waals surface area contributed by atoms with E-state index < -0.39 is 10.7 Å². The number of anilines is 1. The number of nitrogens with zero attached hydrogens (tertiary/aromatic N) is 2. The van der Waals surface area contributed by atoms with E-state index in [0.29, 0.717) is 18.5 Å². The van der Waals surface area contributed by atoms with Gasteiger partial charge in [-0.1, -0.05) is 37.3 Å². The molecule has 5 nitrogen and oxygen atoms in total. The van der Waals surface area contributed by atoms with Crippen LogP contribution in [0, 0.1) is 0 Å². The Morgan fingerprint density at radius 1 is 1.17 bits per heavy atom. The average molecular weight is 421 g/mol. The van der Waals surface area contributed by atoms with Crippen molar-refractivity contribution in [1.29, 1.82) is 0 Å². The second-order valence-corrected chi connectivity index (χ2v) is 10.2. The number of thioether (sulfide) groups is 1. The third-order valence-corrected chi connectivity index (χ3v) is 8.51. The molecule has 6 heteroatoms. The molecule has 0 aromatic heterocycles. The van der Waals surface area contributed by atoms with Gasteiger partial charge in [0.15, 0.2) is 10.7 Å². The highest BCUT2D eigenvalue weighted by Gasteiger charge is 2.72. The molecule has 2 amide bonds. The number of benzene rings is 2. The molecule has 2 saturated heterocycles. The fourth-order valence-electron chi connectivity index (χ4n) is 6.16. The number of carbonyl (C=O) groups is 2. The van der Waals surface area contributed by atoms with Gasteiger partial charge in [0.1, 0.15) is 0 Å². The van der Waals surface area contributed by atoms with Crippen molar-refractivity contribution >= 4 is 29.3 Å². The normalized spacial score (nSPS) is 33.1. The van der Waals surface area contributed by atoms with E-state index in [0.717, 1.165) is 17.9 Å². The highest BCUT2D eigenvalue weighted by molar-refractivity contribution is 8.01. The molecule has 2 bridgehead atoms. The van der Waals surface area contributed by atoms with Gasteiger partial charge in [-0.2, -0.15) is 0 Å². The monoisotopic (exact) mass is 420 g/mol. The van der Waals surface area contributed by atoms with Gasteiger partial charge >= 0.3 is 0 Å². The van der Waals surface area contributed by atoms with Crippen LogP contribution >= 0.6 is 11.8 Å². The van der Waals surface area contributed by atoms with E-state index in [9.17, 15) is 9.59 Å². The molecule has 154 valence electrons.